The fourth-order valence-electron chi connectivity index (χ4n) is 0. The van der Waals surface area contributed by atoms with E-state index in [9.17, 15) is 0 Å². The van der Waals surface area contributed by atoms with Crippen LogP contribution in [0.2, 0.25) is 0 Å². The van der Waals surface area contributed by atoms with Gasteiger partial charge in [0.05, 0.1) is 0 Å². The van der Waals surface area contributed by atoms with Crippen molar-refractivity contribution in [2.24, 2.45) is 0 Å². The first-order chi connectivity index (χ1) is 2.27. The number of hydrogen-bond acceptors (Lipinski definition) is 4. The van der Waals surface area contributed by atoms with E-state index < -0.39 is 7.32 Å². The van der Waals surface area contributed by atoms with Crippen LogP contribution in [-0.4, -0.2) is 22.6 Å². The average molecular weight is 126 g/mol. The van der Waals surface area contributed by atoms with Gasteiger partial charge in [0, 0.05) is 0 Å². The van der Waals surface area contributed by atoms with Gasteiger partial charge >= 0.3 is 66.4 Å². The van der Waals surface area contributed by atoms with E-state index in [2.05, 4.69) is 4.81 Å². The largest absolute Gasteiger partial charge is 1.00 e. The summed E-state index contributed by atoms with van der Waals surface area (Å²) in [6.07, 6.45) is 0. The van der Waals surface area contributed by atoms with Crippen molar-refractivity contribution in [1.29, 1.82) is 0 Å². The maximum atomic E-state index is 7.44. The fraction of sp³-hybridized carbons (Fsp3) is 0. The molecule has 0 aliphatic carbocycles. The Morgan fingerprint density at radius 1 is 1.29 bits per heavy atom. The van der Waals surface area contributed by atoms with Crippen molar-refractivity contribution in [3.8, 4) is 0 Å². The van der Waals surface area contributed by atoms with Crippen molar-refractivity contribution in [2.75, 3.05) is 0 Å². The summed E-state index contributed by atoms with van der Waals surface area (Å²) in [5, 5.41) is 22.0. The van der Waals surface area contributed by atoms with Crippen LogP contribution in [0.15, 0.2) is 0 Å². The van der Waals surface area contributed by atoms with Gasteiger partial charge in [-0.2, -0.15) is 0 Å². The summed E-state index contributed by atoms with van der Waals surface area (Å²) in [6.45, 7) is 0. The molecule has 7 heteroatoms. The molecule has 0 spiro atoms. The summed E-state index contributed by atoms with van der Waals surface area (Å²) in [5.41, 5.74) is 0. The standard InChI is InChI=1S/BH3O4.2Na.2H/c2-1(3)5-4;;;;/h2-4H;;;;/q;2*+1;2*-1. The third kappa shape index (κ3) is 18.1. The third-order valence-corrected chi connectivity index (χ3v) is 0.0943. The first-order valence-corrected chi connectivity index (χ1v) is 0.935. The van der Waals surface area contributed by atoms with Gasteiger partial charge in [0.2, 0.25) is 0 Å². The molecular formula is H5BNa2O4. The normalized spacial score (nSPS) is 5.57. The van der Waals surface area contributed by atoms with Gasteiger partial charge in [-0.15, -0.1) is 0 Å². The van der Waals surface area contributed by atoms with Crippen molar-refractivity contribution in [3.63, 3.8) is 0 Å². The SMILES string of the molecule is OOB(O)O.[H-].[H-].[Na+].[Na+]. The molecule has 0 heterocycles. The summed E-state index contributed by atoms with van der Waals surface area (Å²) < 4.78 is 0. The minimum atomic E-state index is -2.06. The zero-order chi connectivity index (χ0) is 4.28. The molecule has 0 aliphatic heterocycles. The second kappa shape index (κ2) is 10.8. The number of rotatable bonds is 1. The molecule has 0 rings (SSSR count). The molecule has 0 radical (unpaired) electrons. The Morgan fingerprint density at radius 3 is 1.43 bits per heavy atom. The van der Waals surface area contributed by atoms with Crippen LogP contribution < -0.4 is 59.1 Å². The van der Waals surface area contributed by atoms with Crippen molar-refractivity contribution >= 4 is 7.32 Å². The van der Waals surface area contributed by atoms with E-state index in [1.807, 2.05) is 0 Å². The first kappa shape index (κ1) is 16.0. The van der Waals surface area contributed by atoms with Crippen molar-refractivity contribution < 1.29 is 82.1 Å². The molecular weight excluding hydrogens is 121 g/mol. The molecule has 0 fully saturated rings. The van der Waals surface area contributed by atoms with E-state index in [0.717, 1.165) is 0 Å². The van der Waals surface area contributed by atoms with Crippen LogP contribution >= 0.6 is 0 Å². The molecule has 0 unspecified atom stereocenters. The Kier molecular flexibility index (Phi) is 24.6. The third-order valence-electron chi connectivity index (χ3n) is 0.0943. The molecule has 0 saturated carbocycles. The van der Waals surface area contributed by atoms with Gasteiger partial charge in [-0.1, -0.05) is 0 Å². The van der Waals surface area contributed by atoms with Crippen molar-refractivity contribution in [2.45, 2.75) is 0 Å². The molecule has 0 atom stereocenters. The van der Waals surface area contributed by atoms with E-state index in [0.29, 0.717) is 0 Å². The van der Waals surface area contributed by atoms with E-state index in [1.54, 1.807) is 0 Å². The smallest absolute Gasteiger partial charge is 1.00 e. The van der Waals surface area contributed by atoms with Gasteiger partial charge in [0.25, 0.3) is 0 Å². The van der Waals surface area contributed by atoms with E-state index in [4.69, 9.17) is 15.3 Å². The van der Waals surface area contributed by atoms with Crippen molar-refractivity contribution in [1.82, 2.24) is 0 Å². The average Bonchev–Trinajstić information content (AvgIpc) is 1.38. The summed E-state index contributed by atoms with van der Waals surface area (Å²) >= 11 is 0. The molecule has 7 heavy (non-hydrogen) atoms. The molecule has 0 bridgehead atoms. The van der Waals surface area contributed by atoms with E-state index in [-0.39, 0.29) is 62.0 Å². The van der Waals surface area contributed by atoms with E-state index in [1.165, 1.54) is 0 Å². The summed E-state index contributed by atoms with van der Waals surface area (Å²) in [7, 11) is -2.06. The Morgan fingerprint density at radius 2 is 1.43 bits per heavy atom. The summed E-state index contributed by atoms with van der Waals surface area (Å²) in [6, 6.07) is 0. The monoisotopic (exact) mass is 126 g/mol. The van der Waals surface area contributed by atoms with Crippen LogP contribution in [0.3, 0.4) is 0 Å². The molecule has 0 aromatic rings. The zero-order valence-corrected chi connectivity index (χ0v) is 8.33. The molecule has 0 aliphatic rings. The Balaban J connectivity index is -0.0000000133. The molecule has 0 saturated heterocycles. The van der Waals surface area contributed by atoms with Gasteiger partial charge in [0.15, 0.2) is 0 Å². The predicted octanol–water partition coefficient (Wildman–Crippen LogP) is -7.32. The van der Waals surface area contributed by atoms with Gasteiger partial charge in [-0.25, -0.2) is 4.81 Å². The maximum Gasteiger partial charge on any atom is 1.00 e. The topological polar surface area (TPSA) is 69.9 Å². The van der Waals surface area contributed by atoms with Crippen molar-refractivity contribution in [3.05, 3.63) is 0 Å². The van der Waals surface area contributed by atoms with Crippen LogP contribution in [0.5, 0.6) is 0 Å². The van der Waals surface area contributed by atoms with Crippen LogP contribution in [0.25, 0.3) is 0 Å². The van der Waals surface area contributed by atoms with Gasteiger partial charge < -0.3 is 12.9 Å². The van der Waals surface area contributed by atoms with Crippen LogP contribution in [-0.2, 0) is 4.81 Å². The molecule has 34 valence electrons. The number of hydrogen-bond donors (Lipinski definition) is 3. The van der Waals surface area contributed by atoms with E-state index >= 15 is 0 Å². The minimum Gasteiger partial charge on any atom is -1.00 e. The maximum absolute atomic E-state index is 7.44. The van der Waals surface area contributed by atoms with Gasteiger partial charge in [-0.05, 0) is 0 Å². The molecule has 3 N–H and O–H groups in total. The van der Waals surface area contributed by atoms with Crippen LogP contribution in [0.4, 0.5) is 0 Å². The summed E-state index contributed by atoms with van der Waals surface area (Å²) in [5.74, 6) is 0. The molecule has 0 aromatic heterocycles. The second-order valence-electron chi connectivity index (χ2n) is 0.432. The summed E-state index contributed by atoms with van der Waals surface area (Å²) in [4.78, 5) is 2.86. The minimum absolute atomic E-state index is 0. The molecule has 0 aromatic carbocycles. The van der Waals surface area contributed by atoms with Crippen LogP contribution in [0.1, 0.15) is 2.85 Å². The van der Waals surface area contributed by atoms with Gasteiger partial charge in [-0.3, -0.25) is 5.26 Å². The molecule has 0 amide bonds. The first-order valence-electron chi connectivity index (χ1n) is 0.935. The Labute approximate surface area is 88.5 Å². The quantitative estimate of drug-likeness (QED) is 0.185. The van der Waals surface area contributed by atoms with Gasteiger partial charge in [0.1, 0.15) is 0 Å². The Hall–Kier alpha value is 1.90. The second-order valence-corrected chi connectivity index (χ2v) is 0.432. The molecule has 4 nitrogen and oxygen atoms in total. The Bertz CT molecular complexity index is 30.5. The predicted molar refractivity (Wildman–Crippen MR) is 16.1 cm³/mol. The zero-order valence-electron chi connectivity index (χ0n) is 6.33. The fourth-order valence-corrected chi connectivity index (χ4v) is 0. The van der Waals surface area contributed by atoms with Crippen LogP contribution in [0, 0.1) is 0 Å².